The Hall–Kier alpha value is -2.42. The zero-order valence-electron chi connectivity index (χ0n) is 12.4. The Bertz CT molecular complexity index is 815. The van der Waals surface area contributed by atoms with Crippen LogP contribution >= 0.6 is 11.6 Å². The van der Waals surface area contributed by atoms with E-state index < -0.39 is 22.9 Å². The summed E-state index contributed by atoms with van der Waals surface area (Å²) in [5.41, 5.74) is 0.0885. The second kappa shape index (κ2) is 6.23. The number of aromatic nitrogens is 3. The van der Waals surface area contributed by atoms with Gasteiger partial charge in [0.1, 0.15) is 5.15 Å². The minimum Gasteiger partial charge on any atom is -0.430 e. The molecular weight excluding hydrogens is 346 g/mol. The third-order valence-corrected chi connectivity index (χ3v) is 3.65. The third kappa shape index (κ3) is 3.25. The molecule has 0 saturated heterocycles. The number of hydrogen-bond donors (Lipinski definition) is 0. The first kappa shape index (κ1) is 16.4. The summed E-state index contributed by atoms with van der Waals surface area (Å²) in [6.45, 7) is 1.48. The van der Waals surface area contributed by atoms with Crippen molar-refractivity contribution in [2.75, 3.05) is 0 Å². The Morgan fingerprint density at radius 3 is 2.62 bits per heavy atom. The number of hydrogen-bond acceptors (Lipinski definition) is 6. The van der Waals surface area contributed by atoms with Crippen molar-refractivity contribution in [2.24, 2.45) is 0 Å². The predicted molar refractivity (Wildman–Crippen MR) is 79.7 cm³/mol. The number of ether oxygens (including phenoxy) is 1. The lowest BCUT2D eigenvalue weighted by molar-refractivity contribution is -0.386. The minimum absolute atomic E-state index is 0.00587. The van der Waals surface area contributed by atoms with Crippen LogP contribution in [0.2, 0.25) is 5.15 Å². The lowest BCUT2D eigenvalue weighted by atomic mass is 10.2. The summed E-state index contributed by atoms with van der Waals surface area (Å²) in [6.07, 6.45) is -1.25. The molecule has 0 N–H and O–H groups in total. The van der Waals surface area contributed by atoms with Gasteiger partial charge in [0.2, 0.25) is 0 Å². The number of aryl methyl sites for hydroxylation is 1. The van der Waals surface area contributed by atoms with Crippen molar-refractivity contribution in [1.82, 2.24) is 15.0 Å². The molecule has 0 aliphatic heterocycles. The van der Waals surface area contributed by atoms with E-state index >= 15 is 0 Å². The second-order valence-corrected chi connectivity index (χ2v) is 5.66. The van der Waals surface area contributed by atoms with Crippen LogP contribution in [0, 0.1) is 17.0 Å². The molecule has 1 aliphatic rings. The Morgan fingerprint density at radius 2 is 2.04 bits per heavy atom. The highest BCUT2D eigenvalue weighted by molar-refractivity contribution is 6.29. The number of nitro groups is 1. The summed E-state index contributed by atoms with van der Waals surface area (Å²) in [5, 5.41) is 11.1. The molecule has 3 rings (SSSR count). The molecule has 0 atom stereocenters. The van der Waals surface area contributed by atoms with Gasteiger partial charge in [-0.15, -0.1) is 0 Å². The van der Waals surface area contributed by atoms with Crippen molar-refractivity contribution in [3.8, 4) is 11.6 Å². The minimum atomic E-state index is -2.81. The normalized spacial score (nSPS) is 14.0. The molecule has 0 aromatic carbocycles. The number of pyridine rings is 1. The maximum Gasteiger partial charge on any atom is 0.331 e. The highest BCUT2D eigenvalue weighted by Crippen LogP contribution is 2.46. The van der Waals surface area contributed by atoms with Crippen LogP contribution in [0.4, 0.5) is 14.5 Å². The van der Waals surface area contributed by atoms with Gasteiger partial charge in [-0.25, -0.2) is 18.7 Å². The van der Waals surface area contributed by atoms with E-state index in [1.807, 2.05) is 0 Å². The summed E-state index contributed by atoms with van der Waals surface area (Å²) in [5.74, 6) is -0.835. The van der Waals surface area contributed by atoms with E-state index in [9.17, 15) is 18.9 Å². The largest absolute Gasteiger partial charge is 0.430 e. The SMILES string of the molecule is Cc1nc(C(F)F)nc(C2CC2)c1Oc1nc(Cl)ccc1[N+](=O)[O-]. The van der Waals surface area contributed by atoms with Gasteiger partial charge >= 0.3 is 11.6 Å². The van der Waals surface area contributed by atoms with Gasteiger partial charge < -0.3 is 4.74 Å². The van der Waals surface area contributed by atoms with Crippen LogP contribution < -0.4 is 4.74 Å². The molecule has 0 unspecified atom stereocenters. The van der Waals surface area contributed by atoms with E-state index in [4.69, 9.17) is 16.3 Å². The first-order chi connectivity index (χ1) is 11.4. The second-order valence-electron chi connectivity index (χ2n) is 5.27. The van der Waals surface area contributed by atoms with Crippen LogP contribution in [0.5, 0.6) is 11.6 Å². The first-order valence-electron chi connectivity index (χ1n) is 7.02. The van der Waals surface area contributed by atoms with Crippen molar-refractivity contribution in [3.63, 3.8) is 0 Å². The lowest BCUT2D eigenvalue weighted by Crippen LogP contribution is -2.06. The number of nitrogens with zero attached hydrogens (tertiary/aromatic N) is 4. The Morgan fingerprint density at radius 1 is 1.33 bits per heavy atom. The molecule has 0 spiro atoms. The monoisotopic (exact) mass is 356 g/mol. The number of alkyl halides is 2. The fourth-order valence-corrected chi connectivity index (χ4v) is 2.33. The first-order valence-corrected chi connectivity index (χ1v) is 7.40. The van der Waals surface area contributed by atoms with Crippen LogP contribution in [-0.4, -0.2) is 19.9 Å². The van der Waals surface area contributed by atoms with Crippen LogP contribution in [0.15, 0.2) is 12.1 Å². The zero-order valence-corrected chi connectivity index (χ0v) is 13.1. The van der Waals surface area contributed by atoms with E-state index in [-0.39, 0.29) is 28.4 Å². The van der Waals surface area contributed by atoms with E-state index in [0.717, 1.165) is 18.9 Å². The van der Waals surface area contributed by atoms with Gasteiger partial charge in [0.05, 0.1) is 16.3 Å². The molecular formula is C14H11ClF2N4O3. The Balaban J connectivity index is 2.07. The zero-order chi connectivity index (χ0) is 17.4. The lowest BCUT2D eigenvalue weighted by Gasteiger charge is -2.13. The molecule has 0 amide bonds. The Kier molecular flexibility index (Phi) is 4.27. The smallest absolute Gasteiger partial charge is 0.331 e. The highest BCUT2D eigenvalue weighted by Gasteiger charge is 2.33. The predicted octanol–water partition coefficient (Wildman–Crippen LogP) is 4.35. The molecule has 24 heavy (non-hydrogen) atoms. The van der Waals surface area contributed by atoms with Gasteiger partial charge in [-0.3, -0.25) is 10.1 Å². The molecule has 1 aliphatic carbocycles. The third-order valence-electron chi connectivity index (χ3n) is 3.44. The summed E-state index contributed by atoms with van der Waals surface area (Å²) in [4.78, 5) is 21.8. The molecule has 0 bridgehead atoms. The van der Waals surface area contributed by atoms with Gasteiger partial charge in [-0.1, -0.05) is 11.6 Å². The summed E-state index contributed by atoms with van der Waals surface area (Å²) in [6, 6.07) is 2.42. The molecule has 0 radical (unpaired) electrons. The summed E-state index contributed by atoms with van der Waals surface area (Å²) in [7, 11) is 0. The maximum atomic E-state index is 12.9. The molecule has 2 heterocycles. The van der Waals surface area contributed by atoms with Gasteiger partial charge in [0, 0.05) is 12.0 Å². The van der Waals surface area contributed by atoms with Crippen LogP contribution in [0.25, 0.3) is 0 Å². The topological polar surface area (TPSA) is 91.0 Å². The number of rotatable bonds is 5. The standard InChI is InChI=1S/C14H11ClF2N4O3/c1-6-11(10(7-2-3-7)20-13(18-6)12(16)17)24-14-8(21(22)23)4-5-9(15)19-14/h4-5,7,12H,2-3H2,1H3. The molecule has 10 heteroatoms. The average Bonchev–Trinajstić information content (AvgIpc) is 3.33. The van der Waals surface area contributed by atoms with Crippen LogP contribution in [-0.2, 0) is 0 Å². The van der Waals surface area contributed by atoms with E-state index in [2.05, 4.69) is 15.0 Å². The van der Waals surface area contributed by atoms with Crippen molar-refractivity contribution in [1.29, 1.82) is 0 Å². The number of halogens is 3. The maximum absolute atomic E-state index is 12.9. The van der Waals surface area contributed by atoms with Gasteiger partial charge in [0.25, 0.3) is 6.43 Å². The highest BCUT2D eigenvalue weighted by atomic mass is 35.5. The van der Waals surface area contributed by atoms with E-state index in [1.165, 1.54) is 13.0 Å². The van der Waals surface area contributed by atoms with Crippen LogP contribution in [0.1, 0.15) is 42.4 Å². The fourth-order valence-electron chi connectivity index (χ4n) is 2.19. The molecule has 1 saturated carbocycles. The van der Waals surface area contributed by atoms with E-state index in [0.29, 0.717) is 5.69 Å². The molecule has 1 fully saturated rings. The van der Waals surface area contributed by atoms with Crippen molar-refractivity contribution in [3.05, 3.63) is 44.6 Å². The quantitative estimate of drug-likeness (QED) is 0.449. The summed E-state index contributed by atoms with van der Waals surface area (Å²) >= 11 is 5.76. The average molecular weight is 357 g/mol. The van der Waals surface area contributed by atoms with Gasteiger partial charge in [0.15, 0.2) is 11.6 Å². The molecule has 7 nitrogen and oxygen atoms in total. The molecule has 2 aromatic heterocycles. The van der Waals surface area contributed by atoms with E-state index in [1.54, 1.807) is 0 Å². The van der Waals surface area contributed by atoms with Gasteiger partial charge in [-0.05, 0) is 25.8 Å². The summed E-state index contributed by atoms with van der Waals surface area (Å²) < 4.78 is 31.4. The van der Waals surface area contributed by atoms with Crippen molar-refractivity contribution >= 4 is 17.3 Å². The van der Waals surface area contributed by atoms with Crippen molar-refractivity contribution < 1.29 is 18.4 Å². The fraction of sp³-hybridized carbons (Fsp3) is 0.357. The van der Waals surface area contributed by atoms with Crippen molar-refractivity contribution in [2.45, 2.75) is 32.1 Å². The molecule has 126 valence electrons. The van der Waals surface area contributed by atoms with Crippen LogP contribution in [0.3, 0.4) is 0 Å². The molecule has 2 aromatic rings. The van der Waals surface area contributed by atoms with Gasteiger partial charge in [-0.2, -0.15) is 4.98 Å². The Labute approximate surface area is 139 Å².